The summed E-state index contributed by atoms with van der Waals surface area (Å²) in [6.45, 7) is 2.59. The summed E-state index contributed by atoms with van der Waals surface area (Å²) in [6.07, 6.45) is 4.41. The molecule has 0 aliphatic rings. The van der Waals surface area contributed by atoms with E-state index in [1.165, 1.54) is 0 Å². The van der Waals surface area contributed by atoms with Crippen LogP contribution in [0.15, 0.2) is 42.7 Å². The number of ether oxygens (including phenoxy) is 1. The van der Waals surface area contributed by atoms with Gasteiger partial charge in [-0.05, 0) is 24.6 Å². The highest BCUT2D eigenvalue weighted by molar-refractivity contribution is 5.36. The largest absolute Gasteiger partial charge is 0.493 e. The highest BCUT2D eigenvalue weighted by Crippen LogP contribution is 2.20. The number of nitrogens with zero attached hydrogens (tertiary/aromatic N) is 1. The zero-order chi connectivity index (χ0) is 12.8. The van der Waals surface area contributed by atoms with Crippen molar-refractivity contribution in [1.82, 2.24) is 4.98 Å². The number of hydrogen-bond acceptors (Lipinski definition) is 3. The van der Waals surface area contributed by atoms with Crippen LogP contribution in [0.1, 0.15) is 16.7 Å². The first-order valence-corrected chi connectivity index (χ1v) is 6.01. The molecule has 0 saturated carbocycles. The summed E-state index contributed by atoms with van der Waals surface area (Å²) in [5.41, 5.74) is 3.11. The minimum absolute atomic E-state index is 0.00387. The van der Waals surface area contributed by atoms with Crippen molar-refractivity contribution >= 4 is 0 Å². The molecule has 0 bridgehead atoms. The molecule has 0 aliphatic heterocycles. The third kappa shape index (κ3) is 3.31. The molecule has 2 rings (SSSR count). The fourth-order valence-corrected chi connectivity index (χ4v) is 1.80. The molecular formula is C15H17NO2. The number of hydrogen-bond donors (Lipinski definition) is 1. The maximum atomic E-state index is 9.27. The molecule has 1 N–H and O–H groups in total. The number of aromatic nitrogens is 1. The third-order valence-electron chi connectivity index (χ3n) is 2.76. The van der Waals surface area contributed by atoms with Crippen LogP contribution in [0, 0.1) is 6.92 Å². The maximum Gasteiger partial charge on any atom is 0.124 e. The van der Waals surface area contributed by atoms with Crippen molar-refractivity contribution in [1.29, 1.82) is 0 Å². The molecule has 0 atom stereocenters. The summed E-state index contributed by atoms with van der Waals surface area (Å²) in [5, 5.41) is 9.27. The second-order valence-corrected chi connectivity index (χ2v) is 4.23. The van der Waals surface area contributed by atoms with Crippen molar-refractivity contribution in [3.63, 3.8) is 0 Å². The van der Waals surface area contributed by atoms with Crippen LogP contribution in [0.2, 0.25) is 0 Å². The van der Waals surface area contributed by atoms with Gasteiger partial charge in [0.1, 0.15) is 5.75 Å². The molecule has 0 fully saturated rings. The van der Waals surface area contributed by atoms with Gasteiger partial charge in [0, 0.05) is 24.4 Å². The molecule has 94 valence electrons. The first kappa shape index (κ1) is 12.6. The van der Waals surface area contributed by atoms with E-state index in [0.29, 0.717) is 6.61 Å². The Kier molecular flexibility index (Phi) is 4.31. The zero-order valence-corrected chi connectivity index (χ0v) is 10.5. The Morgan fingerprint density at radius 1 is 1.28 bits per heavy atom. The predicted octanol–water partition coefficient (Wildman–Crippen LogP) is 2.50. The van der Waals surface area contributed by atoms with Crippen LogP contribution in [0.5, 0.6) is 5.75 Å². The average molecular weight is 243 g/mol. The van der Waals surface area contributed by atoms with Gasteiger partial charge in [0.05, 0.1) is 13.2 Å². The van der Waals surface area contributed by atoms with Gasteiger partial charge in [-0.1, -0.05) is 23.8 Å². The van der Waals surface area contributed by atoms with Crippen molar-refractivity contribution < 1.29 is 9.84 Å². The van der Waals surface area contributed by atoms with Crippen LogP contribution in [0.25, 0.3) is 0 Å². The molecule has 0 spiro atoms. The summed E-state index contributed by atoms with van der Waals surface area (Å²) in [6, 6.07) is 9.78. The molecule has 0 radical (unpaired) electrons. The number of pyridine rings is 1. The lowest BCUT2D eigenvalue weighted by atomic mass is 10.1. The fraction of sp³-hybridized carbons (Fsp3) is 0.267. The predicted molar refractivity (Wildman–Crippen MR) is 70.5 cm³/mol. The molecule has 1 aromatic carbocycles. The Labute approximate surface area is 107 Å². The van der Waals surface area contributed by atoms with Crippen molar-refractivity contribution in [3.8, 4) is 5.75 Å². The number of rotatable bonds is 5. The van der Waals surface area contributed by atoms with Crippen molar-refractivity contribution in [2.75, 3.05) is 6.61 Å². The van der Waals surface area contributed by atoms with Gasteiger partial charge >= 0.3 is 0 Å². The molecule has 3 nitrogen and oxygen atoms in total. The highest BCUT2D eigenvalue weighted by atomic mass is 16.5. The number of aliphatic hydroxyl groups excluding tert-OH is 1. The smallest absolute Gasteiger partial charge is 0.124 e. The summed E-state index contributed by atoms with van der Waals surface area (Å²) in [4.78, 5) is 4.06. The lowest BCUT2D eigenvalue weighted by Gasteiger charge is -2.10. The Morgan fingerprint density at radius 3 is 2.89 bits per heavy atom. The van der Waals surface area contributed by atoms with Crippen molar-refractivity contribution in [3.05, 3.63) is 59.4 Å². The second kappa shape index (κ2) is 6.17. The van der Waals surface area contributed by atoms with Gasteiger partial charge in [0.2, 0.25) is 0 Å². The average Bonchev–Trinajstić information content (AvgIpc) is 2.41. The molecule has 18 heavy (non-hydrogen) atoms. The maximum absolute atomic E-state index is 9.27. The number of aliphatic hydroxyl groups is 1. The molecule has 0 unspecified atom stereocenters. The Hall–Kier alpha value is -1.87. The molecule has 0 saturated heterocycles. The minimum atomic E-state index is 0.00387. The van der Waals surface area contributed by atoms with E-state index in [-0.39, 0.29) is 6.61 Å². The van der Waals surface area contributed by atoms with E-state index in [1.54, 1.807) is 6.20 Å². The molecular weight excluding hydrogens is 226 g/mol. The molecule has 0 aliphatic carbocycles. The molecule has 1 heterocycles. The van der Waals surface area contributed by atoms with Gasteiger partial charge in [-0.2, -0.15) is 0 Å². The van der Waals surface area contributed by atoms with Gasteiger partial charge in [0.15, 0.2) is 0 Å². The second-order valence-electron chi connectivity index (χ2n) is 4.23. The Balaban J connectivity index is 1.94. The highest BCUT2D eigenvalue weighted by Gasteiger charge is 2.03. The van der Waals surface area contributed by atoms with E-state index in [4.69, 9.17) is 4.74 Å². The molecule has 1 aromatic heterocycles. The Morgan fingerprint density at radius 2 is 2.17 bits per heavy atom. The summed E-state index contributed by atoms with van der Waals surface area (Å²) < 4.78 is 5.70. The van der Waals surface area contributed by atoms with Crippen LogP contribution in [0.4, 0.5) is 0 Å². The van der Waals surface area contributed by atoms with Crippen molar-refractivity contribution in [2.24, 2.45) is 0 Å². The van der Waals surface area contributed by atoms with Crippen molar-refractivity contribution in [2.45, 2.75) is 20.0 Å². The fourth-order valence-electron chi connectivity index (χ4n) is 1.80. The molecule has 3 heteroatoms. The van der Waals surface area contributed by atoms with E-state index in [9.17, 15) is 5.11 Å². The lowest BCUT2D eigenvalue weighted by Crippen LogP contribution is -2.03. The van der Waals surface area contributed by atoms with Crippen LogP contribution in [-0.2, 0) is 13.0 Å². The van der Waals surface area contributed by atoms with E-state index >= 15 is 0 Å². The first-order chi connectivity index (χ1) is 8.79. The van der Waals surface area contributed by atoms with Crippen LogP contribution >= 0.6 is 0 Å². The van der Waals surface area contributed by atoms with Crippen LogP contribution in [-0.4, -0.2) is 16.7 Å². The summed E-state index contributed by atoms with van der Waals surface area (Å²) in [5.74, 6) is 0.756. The number of aryl methyl sites for hydroxylation is 1. The lowest BCUT2D eigenvalue weighted by molar-refractivity contribution is 0.263. The molecule has 2 aromatic rings. The molecule has 0 amide bonds. The van der Waals surface area contributed by atoms with E-state index in [1.807, 2.05) is 43.5 Å². The van der Waals surface area contributed by atoms with Gasteiger partial charge in [0.25, 0.3) is 0 Å². The topological polar surface area (TPSA) is 42.4 Å². The van der Waals surface area contributed by atoms with E-state index < -0.39 is 0 Å². The van der Waals surface area contributed by atoms with E-state index in [0.717, 1.165) is 28.9 Å². The third-order valence-corrected chi connectivity index (χ3v) is 2.76. The van der Waals surface area contributed by atoms with Gasteiger partial charge in [-0.25, -0.2) is 0 Å². The minimum Gasteiger partial charge on any atom is -0.493 e. The van der Waals surface area contributed by atoms with Crippen LogP contribution in [0.3, 0.4) is 0 Å². The van der Waals surface area contributed by atoms with Crippen LogP contribution < -0.4 is 4.74 Å². The summed E-state index contributed by atoms with van der Waals surface area (Å²) in [7, 11) is 0. The normalized spacial score (nSPS) is 10.3. The standard InChI is InChI=1S/C15H17NO2/c1-12-4-5-15(14(9-12)11-17)18-8-6-13-3-2-7-16-10-13/h2-5,7,9-10,17H,6,8,11H2,1H3. The van der Waals surface area contributed by atoms with E-state index in [2.05, 4.69) is 4.98 Å². The number of benzene rings is 1. The van der Waals surface area contributed by atoms with Gasteiger partial charge < -0.3 is 9.84 Å². The first-order valence-electron chi connectivity index (χ1n) is 6.01. The quantitative estimate of drug-likeness (QED) is 0.877. The Bertz CT molecular complexity index is 497. The van der Waals surface area contributed by atoms with Gasteiger partial charge in [-0.3, -0.25) is 4.98 Å². The monoisotopic (exact) mass is 243 g/mol. The summed E-state index contributed by atoms with van der Waals surface area (Å²) >= 11 is 0. The SMILES string of the molecule is Cc1ccc(OCCc2cccnc2)c(CO)c1. The zero-order valence-electron chi connectivity index (χ0n) is 10.5. The van der Waals surface area contributed by atoms with Gasteiger partial charge in [-0.15, -0.1) is 0 Å².